The van der Waals surface area contributed by atoms with Gasteiger partial charge in [-0.15, -0.1) is 0 Å². The minimum atomic E-state index is 0.0645. The van der Waals surface area contributed by atoms with Crippen LogP contribution in [-0.2, 0) is 16.6 Å². The van der Waals surface area contributed by atoms with Gasteiger partial charge in [0.15, 0.2) is 0 Å². The van der Waals surface area contributed by atoms with Crippen molar-refractivity contribution < 1.29 is 14.6 Å². The molecule has 0 unspecified atom stereocenters. The van der Waals surface area contributed by atoms with Gasteiger partial charge in [-0.25, -0.2) is 0 Å². The maximum absolute atomic E-state index is 10.5. The van der Waals surface area contributed by atoms with Gasteiger partial charge in [-0.3, -0.25) is 0 Å². The van der Waals surface area contributed by atoms with Crippen molar-refractivity contribution in [3.8, 4) is 11.5 Å². The van der Waals surface area contributed by atoms with Crippen molar-refractivity contribution in [3.63, 3.8) is 0 Å². The van der Waals surface area contributed by atoms with Gasteiger partial charge in [-0.2, -0.15) is 0 Å². The van der Waals surface area contributed by atoms with Crippen LogP contribution < -0.4 is 4.74 Å². The topological polar surface area (TPSA) is 41.9 Å². The third-order valence-electron chi connectivity index (χ3n) is 5.97. The summed E-state index contributed by atoms with van der Waals surface area (Å²) in [6, 6.07) is 4.41. The first-order valence-electron chi connectivity index (χ1n) is 7.84. The number of benzene rings is 1. The first-order valence-corrected chi connectivity index (χ1v) is 7.84. The molecule has 3 aliphatic rings. The number of phenolic OH excluding ortho intramolecular Hbond substituents is 1. The first kappa shape index (κ1) is 13.4. The average molecular weight is 289 g/mol. The minimum absolute atomic E-state index is 0.0645. The molecule has 4 rings (SSSR count). The standard InChI is InChI=1S/C17H23NO3/c1-18-5-4-17-10-21-6-3-13(17)15(18)9-12-14(17)7-11(20-2)8-16(12)19/h7-8,13,15,19H,3-6,9-10H2,1-2H3/t13-,15+,17-/m0/s1. The minimum Gasteiger partial charge on any atom is -0.508 e. The van der Waals surface area contributed by atoms with Crippen molar-refractivity contribution in [2.24, 2.45) is 5.92 Å². The van der Waals surface area contributed by atoms with Crippen molar-refractivity contribution in [3.05, 3.63) is 23.3 Å². The van der Waals surface area contributed by atoms with E-state index in [4.69, 9.17) is 9.47 Å². The van der Waals surface area contributed by atoms with Gasteiger partial charge >= 0.3 is 0 Å². The fourth-order valence-corrected chi connectivity index (χ4v) is 4.84. The van der Waals surface area contributed by atoms with Crippen molar-refractivity contribution in [1.29, 1.82) is 0 Å². The highest BCUT2D eigenvalue weighted by molar-refractivity contribution is 5.52. The van der Waals surface area contributed by atoms with E-state index in [9.17, 15) is 5.11 Å². The lowest BCUT2D eigenvalue weighted by Crippen LogP contribution is -2.62. The van der Waals surface area contributed by atoms with Crippen LogP contribution in [0.2, 0.25) is 0 Å². The molecule has 2 aliphatic heterocycles. The average Bonchev–Trinajstić information content (AvgIpc) is 2.51. The van der Waals surface area contributed by atoms with Crippen LogP contribution in [0.5, 0.6) is 11.5 Å². The van der Waals surface area contributed by atoms with Gasteiger partial charge in [0.1, 0.15) is 11.5 Å². The summed E-state index contributed by atoms with van der Waals surface area (Å²) in [4.78, 5) is 2.47. The van der Waals surface area contributed by atoms with E-state index in [0.29, 0.717) is 17.7 Å². The van der Waals surface area contributed by atoms with Crippen molar-refractivity contribution in [2.45, 2.75) is 30.7 Å². The fraction of sp³-hybridized carbons (Fsp3) is 0.647. The fourth-order valence-electron chi connectivity index (χ4n) is 4.84. The molecule has 1 aromatic rings. The Morgan fingerprint density at radius 1 is 1.43 bits per heavy atom. The second kappa shape index (κ2) is 4.62. The Labute approximate surface area is 125 Å². The zero-order valence-corrected chi connectivity index (χ0v) is 12.8. The monoisotopic (exact) mass is 289 g/mol. The zero-order valence-electron chi connectivity index (χ0n) is 12.8. The summed E-state index contributed by atoms with van der Waals surface area (Å²) in [7, 11) is 3.88. The molecule has 2 saturated heterocycles. The van der Waals surface area contributed by atoms with Crippen LogP contribution in [0.15, 0.2) is 12.1 Å². The maximum Gasteiger partial charge on any atom is 0.122 e. The molecule has 2 bridgehead atoms. The predicted octanol–water partition coefficient (Wildman–Crippen LogP) is 1.94. The number of hydrogen-bond acceptors (Lipinski definition) is 4. The molecule has 114 valence electrons. The number of likely N-dealkylation sites (N-methyl/N-ethyl adjacent to an activating group) is 1. The molecule has 2 fully saturated rings. The van der Waals surface area contributed by atoms with E-state index in [2.05, 4.69) is 18.0 Å². The largest absolute Gasteiger partial charge is 0.508 e. The molecule has 0 spiro atoms. The highest BCUT2D eigenvalue weighted by Crippen LogP contribution is 2.54. The highest BCUT2D eigenvalue weighted by Gasteiger charge is 2.54. The van der Waals surface area contributed by atoms with Crippen molar-refractivity contribution in [2.75, 3.05) is 33.9 Å². The summed E-state index contributed by atoms with van der Waals surface area (Å²) < 4.78 is 11.3. The molecule has 1 aromatic carbocycles. The second-order valence-electron chi connectivity index (χ2n) is 6.78. The smallest absolute Gasteiger partial charge is 0.122 e. The number of phenols is 1. The SMILES string of the molecule is COc1cc(O)c2c(c1)[C@]13CCN(C)[C@H](C2)[C@@H]1CCOC3. The number of rotatable bonds is 1. The van der Waals surface area contributed by atoms with Crippen LogP contribution in [0.4, 0.5) is 0 Å². The number of methoxy groups -OCH3 is 1. The number of aromatic hydroxyl groups is 1. The van der Waals surface area contributed by atoms with Crippen LogP contribution in [0.1, 0.15) is 24.0 Å². The molecule has 21 heavy (non-hydrogen) atoms. The van der Waals surface area contributed by atoms with Crippen LogP contribution in [-0.4, -0.2) is 50.0 Å². The van der Waals surface area contributed by atoms with Gasteiger partial charge in [-0.05, 0) is 56.0 Å². The maximum atomic E-state index is 10.5. The summed E-state index contributed by atoms with van der Waals surface area (Å²) in [6.45, 7) is 2.74. The number of hydrogen-bond donors (Lipinski definition) is 1. The Morgan fingerprint density at radius 3 is 3.10 bits per heavy atom. The molecule has 0 amide bonds. The van der Waals surface area contributed by atoms with Crippen LogP contribution in [0.25, 0.3) is 0 Å². The van der Waals surface area contributed by atoms with Crippen LogP contribution in [0, 0.1) is 5.92 Å². The summed E-state index contributed by atoms with van der Waals surface area (Å²) >= 11 is 0. The summed E-state index contributed by atoms with van der Waals surface area (Å²) in [6.07, 6.45) is 3.16. The molecule has 0 saturated carbocycles. The molecule has 4 heteroatoms. The molecular weight excluding hydrogens is 266 g/mol. The Hall–Kier alpha value is -1.26. The number of fused-ring (bicyclic) bond motifs is 1. The Bertz CT molecular complexity index is 573. The molecular formula is C17H23NO3. The van der Waals surface area contributed by atoms with Gasteiger partial charge < -0.3 is 19.5 Å². The van der Waals surface area contributed by atoms with Gasteiger partial charge in [0.25, 0.3) is 0 Å². The molecule has 4 nitrogen and oxygen atoms in total. The normalized spacial score (nSPS) is 35.0. The summed E-state index contributed by atoms with van der Waals surface area (Å²) in [5, 5.41) is 10.5. The number of ether oxygens (including phenoxy) is 2. The predicted molar refractivity (Wildman–Crippen MR) is 80.0 cm³/mol. The molecule has 3 atom stereocenters. The first-order chi connectivity index (χ1) is 10.2. The number of likely N-dealkylation sites (tertiary alicyclic amines) is 1. The lowest BCUT2D eigenvalue weighted by molar-refractivity contribution is -0.0768. The van der Waals surface area contributed by atoms with E-state index in [1.807, 2.05) is 0 Å². The Morgan fingerprint density at radius 2 is 2.29 bits per heavy atom. The van der Waals surface area contributed by atoms with Crippen molar-refractivity contribution in [1.82, 2.24) is 4.90 Å². The van der Waals surface area contributed by atoms with Gasteiger partial charge in [0.05, 0.1) is 13.7 Å². The molecule has 1 aliphatic carbocycles. The lowest BCUT2D eigenvalue weighted by atomic mass is 9.56. The second-order valence-corrected chi connectivity index (χ2v) is 6.78. The Kier molecular flexibility index (Phi) is 2.95. The Balaban J connectivity index is 1.92. The third kappa shape index (κ3) is 1.75. The molecule has 0 aromatic heterocycles. The van der Waals surface area contributed by atoms with Crippen LogP contribution in [0.3, 0.4) is 0 Å². The van der Waals surface area contributed by atoms with E-state index in [1.54, 1.807) is 13.2 Å². The van der Waals surface area contributed by atoms with E-state index in [0.717, 1.165) is 50.3 Å². The van der Waals surface area contributed by atoms with E-state index in [-0.39, 0.29) is 5.41 Å². The summed E-state index contributed by atoms with van der Waals surface area (Å²) in [5.74, 6) is 1.76. The van der Waals surface area contributed by atoms with E-state index in [1.165, 1.54) is 5.56 Å². The lowest BCUT2D eigenvalue weighted by Gasteiger charge is -2.58. The quantitative estimate of drug-likeness (QED) is 0.858. The summed E-state index contributed by atoms with van der Waals surface area (Å²) in [5.41, 5.74) is 2.44. The van der Waals surface area contributed by atoms with Crippen molar-refractivity contribution >= 4 is 0 Å². The third-order valence-corrected chi connectivity index (χ3v) is 5.97. The zero-order chi connectivity index (χ0) is 14.6. The van der Waals surface area contributed by atoms with Gasteiger partial charge in [-0.1, -0.05) is 0 Å². The van der Waals surface area contributed by atoms with Gasteiger partial charge in [0.2, 0.25) is 0 Å². The van der Waals surface area contributed by atoms with Crippen LogP contribution >= 0.6 is 0 Å². The van der Waals surface area contributed by atoms with E-state index < -0.39 is 0 Å². The molecule has 1 N–H and O–H groups in total. The number of nitrogens with zero attached hydrogens (tertiary/aromatic N) is 1. The number of piperidine rings is 1. The molecule has 2 heterocycles. The molecule has 0 radical (unpaired) electrons. The highest BCUT2D eigenvalue weighted by atomic mass is 16.5. The van der Waals surface area contributed by atoms with Gasteiger partial charge in [0, 0.05) is 24.1 Å². The van der Waals surface area contributed by atoms with E-state index >= 15 is 0 Å².